The highest BCUT2D eigenvalue weighted by Crippen LogP contribution is 2.39. The molecule has 8 nitrogen and oxygen atoms in total. The molecule has 1 saturated heterocycles. The van der Waals surface area contributed by atoms with E-state index in [4.69, 9.17) is 4.52 Å². The molecule has 22 heavy (non-hydrogen) atoms. The van der Waals surface area contributed by atoms with Crippen LogP contribution in [0.4, 0.5) is 0 Å². The normalized spacial score (nSPS) is 23.2. The first-order valence-electron chi connectivity index (χ1n) is 7.37. The van der Waals surface area contributed by atoms with Gasteiger partial charge in [-0.2, -0.15) is 14.4 Å². The maximum Gasteiger partial charge on any atom is 0.260 e. The van der Waals surface area contributed by atoms with Gasteiger partial charge in [-0.1, -0.05) is 5.16 Å². The van der Waals surface area contributed by atoms with Crippen LogP contribution in [0, 0.1) is 0 Å². The lowest BCUT2D eigenvalue weighted by molar-refractivity contribution is 0.350. The van der Waals surface area contributed by atoms with Crippen LogP contribution in [0.1, 0.15) is 42.8 Å². The number of hydrogen-bond donors (Lipinski definition) is 0. The Labute approximate surface area is 128 Å². The molecule has 0 amide bonds. The molecule has 0 aromatic carbocycles. The smallest absolute Gasteiger partial charge is 0.260 e. The first-order chi connectivity index (χ1) is 10.6. The third-order valence-electron chi connectivity index (χ3n) is 4.28. The van der Waals surface area contributed by atoms with Gasteiger partial charge in [-0.3, -0.25) is 4.68 Å². The molecule has 0 N–H and O–H groups in total. The van der Waals surface area contributed by atoms with E-state index in [-0.39, 0.29) is 10.9 Å². The van der Waals surface area contributed by atoms with Gasteiger partial charge in [0, 0.05) is 26.1 Å². The van der Waals surface area contributed by atoms with Crippen LogP contribution < -0.4 is 0 Å². The number of nitrogens with zero attached hydrogens (tertiary/aromatic N) is 5. The molecule has 9 heteroatoms. The van der Waals surface area contributed by atoms with Gasteiger partial charge in [0.1, 0.15) is 0 Å². The van der Waals surface area contributed by atoms with E-state index in [0.717, 1.165) is 18.7 Å². The fourth-order valence-corrected chi connectivity index (χ4v) is 4.42. The second-order valence-electron chi connectivity index (χ2n) is 5.91. The molecule has 1 saturated carbocycles. The first-order valence-corrected chi connectivity index (χ1v) is 8.81. The van der Waals surface area contributed by atoms with Crippen LogP contribution >= 0.6 is 0 Å². The van der Waals surface area contributed by atoms with E-state index < -0.39 is 10.0 Å². The standard InChI is InChI=1S/C13H17N5O3S/c1-17-11(4-6-14-17)22(19,20)18-7-5-10(8-18)13-15-12(16-21-13)9-2-3-9/h4,6,9-10H,2-3,5,7-8H2,1H3/t10-/m0/s1. The van der Waals surface area contributed by atoms with E-state index in [1.165, 1.54) is 21.3 Å². The van der Waals surface area contributed by atoms with Crippen LogP contribution in [0.25, 0.3) is 0 Å². The van der Waals surface area contributed by atoms with Crippen LogP contribution in [-0.2, 0) is 17.1 Å². The summed E-state index contributed by atoms with van der Waals surface area (Å²) in [5, 5.41) is 8.14. The number of rotatable bonds is 4. The van der Waals surface area contributed by atoms with Crippen molar-refractivity contribution in [1.29, 1.82) is 0 Å². The van der Waals surface area contributed by atoms with Crippen molar-refractivity contribution < 1.29 is 12.9 Å². The summed E-state index contributed by atoms with van der Waals surface area (Å²) in [4.78, 5) is 4.43. The van der Waals surface area contributed by atoms with Crippen molar-refractivity contribution in [3.63, 3.8) is 0 Å². The van der Waals surface area contributed by atoms with Crippen LogP contribution in [0.15, 0.2) is 21.8 Å². The zero-order valence-electron chi connectivity index (χ0n) is 12.2. The van der Waals surface area contributed by atoms with E-state index >= 15 is 0 Å². The Morgan fingerprint density at radius 1 is 1.27 bits per heavy atom. The van der Waals surface area contributed by atoms with E-state index in [1.807, 2.05) is 0 Å². The number of hydrogen-bond acceptors (Lipinski definition) is 6. The van der Waals surface area contributed by atoms with Crippen LogP contribution in [0.2, 0.25) is 0 Å². The summed E-state index contributed by atoms with van der Waals surface area (Å²) in [5.74, 6) is 1.74. The molecule has 1 atom stereocenters. The third kappa shape index (κ3) is 2.24. The van der Waals surface area contributed by atoms with Crippen LogP contribution in [0.3, 0.4) is 0 Å². The van der Waals surface area contributed by atoms with Gasteiger partial charge in [-0.25, -0.2) is 8.42 Å². The van der Waals surface area contributed by atoms with E-state index in [9.17, 15) is 8.42 Å². The summed E-state index contributed by atoms with van der Waals surface area (Å²) in [6, 6.07) is 1.51. The maximum atomic E-state index is 12.6. The predicted molar refractivity (Wildman–Crippen MR) is 75.6 cm³/mol. The molecule has 4 rings (SSSR count). The molecule has 0 radical (unpaired) electrons. The van der Waals surface area contributed by atoms with Gasteiger partial charge in [-0.05, 0) is 25.3 Å². The lowest BCUT2D eigenvalue weighted by Crippen LogP contribution is -2.30. The molecule has 2 aliphatic rings. The minimum Gasteiger partial charge on any atom is -0.339 e. The molecular weight excluding hydrogens is 306 g/mol. The lowest BCUT2D eigenvalue weighted by atomic mass is 10.1. The molecule has 118 valence electrons. The molecule has 1 aliphatic carbocycles. The monoisotopic (exact) mass is 323 g/mol. The highest BCUT2D eigenvalue weighted by atomic mass is 32.2. The average molecular weight is 323 g/mol. The highest BCUT2D eigenvalue weighted by molar-refractivity contribution is 7.89. The van der Waals surface area contributed by atoms with Crippen molar-refractivity contribution in [1.82, 2.24) is 24.2 Å². The highest BCUT2D eigenvalue weighted by Gasteiger charge is 2.38. The molecule has 3 heterocycles. The third-order valence-corrected chi connectivity index (χ3v) is 6.22. The molecule has 2 fully saturated rings. The summed E-state index contributed by atoms with van der Waals surface area (Å²) < 4.78 is 33.4. The maximum absolute atomic E-state index is 12.6. The number of aryl methyl sites for hydroxylation is 1. The first kappa shape index (κ1) is 13.9. The summed E-state index contributed by atoms with van der Waals surface area (Å²) in [6.07, 6.45) is 4.42. The van der Waals surface area contributed by atoms with Crippen molar-refractivity contribution in [2.45, 2.75) is 36.1 Å². The van der Waals surface area contributed by atoms with Crippen molar-refractivity contribution in [2.24, 2.45) is 7.05 Å². The number of aromatic nitrogens is 4. The zero-order chi connectivity index (χ0) is 15.3. The second kappa shape index (κ2) is 4.88. The molecule has 0 unspecified atom stereocenters. The second-order valence-corrected chi connectivity index (χ2v) is 7.79. The van der Waals surface area contributed by atoms with Crippen molar-refractivity contribution in [3.05, 3.63) is 24.0 Å². The van der Waals surface area contributed by atoms with Crippen LogP contribution in [-0.4, -0.2) is 45.7 Å². The molecule has 2 aromatic rings. The largest absolute Gasteiger partial charge is 0.339 e. The van der Waals surface area contributed by atoms with E-state index in [2.05, 4.69) is 15.2 Å². The van der Waals surface area contributed by atoms with E-state index in [0.29, 0.717) is 31.3 Å². The zero-order valence-corrected chi connectivity index (χ0v) is 13.0. The Balaban J connectivity index is 1.53. The summed E-state index contributed by atoms with van der Waals surface area (Å²) >= 11 is 0. The lowest BCUT2D eigenvalue weighted by Gasteiger charge is -2.15. The molecule has 1 aliphatic heterocycles. The molecule has 0 spiro atoms. The Hall–Kier alpha value is -1.74. The van der Waals surface area contributed by atoms with Crippen molar-refractivity contribution >= 4 is 10.0 Å². The molecule has 2 aromatic heterocycles. The Morgan fingerprint density at radius 3 is 2.77 bits per heavy atom. The minimum absolute atomic E-state index is 0.0250. The van der Waals surface area contributed by atoms with Gasteiger partial charge >= 0.3 is 0 Å². The SMILES string of the molecule is Cn1nccc1S(=O)(=O)N1CC[C@H](c2nc(C3CC3)no2)C1. The fraction of sp³-hybridized carbons (Fsp3) is 0.615. The Kier molecular flexibility index (Phi) is 3.08. The minimum atomic E-state index is -3.52. The van der Waals surface area contributed by atoms with Gasteiger partial charge in [0.2, 0.25) is 5.89 Å². The van der Waals surface area contributed by atoms with Gasteiger partial charge < -0.3 is 4.52 Å². The molecular formula is C13H17N5O3S. The fourth-order valence-electron chi connectivity index (χ4n) is 2.82. The average Bonchev–Trinajstić information content (AvgIpc) is 2.95. The Morgan fingerprint density at radius 2 is 2.09 bits per heavy atom. The summed E-state index contributed by atoms with van der Waals surface area (Å²) in [7, 11) is -1.89. The predicted octanol–water partition coefficient (Wildman–Crippen LogP) is 0.859. The van der Waals surface area contributed by atoms with Crippen molar-refractivity contribution in [2.75, 3.05) is 13.1 Å². The van der Waals surface area contributed by atoms with Gasteiger partial charge in [0.05, 0.1) is 12.1 Å². The summed E-state index contributed by atoms with van der Waals surface area (Å²) in [5.41, 5.74) is 0. The quantitative estimate of drug-likeness (QED) is 0.828. The molecule has 0 bridgehead atoms. The topological polar surface area (TPSA) is 94.1 Å². The van der Waals surface area contributed by atoms with Gasteiger partial charge in [-0.15, -0.1) is 0 Å². The summed E-state index contributed by atoms with van der Waals surface area (Å²) in [6.45, 7) is 0.832. The van der Waals surface area contributed by atoms with E-state index in [1.54, 1.807) is 7.05 Å². The van der Waals surface area contributed by atoms with Gasteiger partial charge in [0.15, 0.2) is 10.9 Å². The van der Waals surface area contributed by atoms with Crippen molar-refractivity contribution in [3.8, 4) is 0 Å². The van der Waals surface area contributed by atoms with Gasteiger partial charge in [0.25, 0.3) is 10.0 Å². The number of sulfonamides is 1. The van der Waals surface area contributed by atoms with Crippen LogP contribution in [0.5, 0.6) is 0 Å². The Bertz CT molecular complexity index is 792.